The van der Waals surface area contributed by atoms with Crippen LogP contribution in [0.15, 0.2) is 0 Å². The molecule has 1 heterocycles. The molecule has 1 aromatic heterocycles. The normalized spacial score (nSPS) is 18.8. The first-order valence-corrected chi connectivity index (χ1v) is 7.25. The van der Waals surface area contributed by atoms with E-state index in [1.165, 1.54) is 18.4 Å². The van der Waals surface area contributed by atoms with Gasteiger partial charge in [0.15, 0.2) is 0 Å². The van der Waals surface area contributed by atoms with E-state index in [-0.39, 0.29) is 17.9 Å². The first-order valence-electron chi connectivity index (χ1n) is 7.25. The van der Waals surface area contributed by atoms with Crippen LogP contribution in [-0.4, -0.2) is 29.4 Å². The quantitative estimate of drug-likeness (QED) is 0.855. The van der Waals surface area contributed by atoms with Gasteiger partial charge in [-0.25, -0.2) is 0 Å². The van der Waals surface area contributed by atoms with Crippen LogP contribution in [0.2, 0.25) is 0 Å². The Hall–Kier alpha value is -1.36. The highest BCUT2D eigenvalue weighted by molar-refractivity contribution is 5.69. The number of nitrogens with zero attached hydrogens (tertiary/aromatic N) is 2. The van der Waals surface area contributed by atoms with Crippen molar-refractivity contribution in [3.63, 3.8) is 0 Å². The molecule has 2 rings (SSSR count). The molecule has 0 spiro atoms. The van der Waals surface area contributed by atoms with E-state index >= 15 is 0 Å². The van der Waals surface area contributed by atoms with Gasteiger partial charge in [-0.1, -0.05) is 20.8 Å². The Bertz CT molecular complexity index is 500. The molecule has 0 amide bonds. The zero-order valence-corrected chi connectivity index (χ0v) is 12.9. The Labute approximate surface area is 120 Å². The zero-order valence-electron chi connectivity index (χ0n) is 12.9. The van der Waals surface area contributed by atoms with E-state index in [1.807, 2.05) is 4.68 Å². The summed E-state index contributed by atoms with van der Waals surface area (Å²) in [6.07, 6.45) is 3.17. The molecule has 2 N–H and O–H groups in total. The topological polar surface area (TPSA) is 70.1 Å². The van der Waals surface area contributed by atoms with Crippen molar-refractivity contribution in [2.45, 2.75) is 57.9 Å². The lowest BCUT2D eigenvalue weighted by atomic mass is 9.79. The second-order valence-electron chi connectivity index (χ2n) is 6.52. The van der Waals surface area contributed by atoms with E-state index in [0.29, 0.717) is 12.5 Å². The van der Waals surface area contributed by atoms with E-state index in [2.05, 4.69) is 20.8 Å². The van der Waals surface area contributed by atoms with Gasteiger partial charge in [-0.15, -0.1) is 0 Å². The van der Waals surface area contributed by atoms with Gasteiger partial charge in [0.05, 0.1) is 12.8 Å². The summed E-state index contributed by atoms with van der Waals surface area (Å²) in [6, 6.07) is 0. The summed E-state index contributed by atoms with van der Waals surface area (Å²) in [5.74, 6) is 0.102. The lowest BCUT2D eigenvalue weighted by Crippen LogP contribution is -2.23. The maximum absolute atomic E-state index is 11.6. The number of fused-ring (bicyclic) bond motifs is 1. The molecule has 1 atom stereocenters. The summed E-state index contributed by atoms with van der Waals surface area (Å²) < 4.78 is 6.59. The first-order chi connectivity index (χ1) is 9.38. The summed E-state index contributed by atoms with van der Waals surface area (Å²) in [5, 5.41) is 4.71. The van der Waals surface area contributed by atoms with Crippen molar-refractivity contribution < 1.29 is 9.53 Å². The van der Waals surface area contributed by atoms with Crippen LogP contribution in [0.3, 0.4) is 0 Å². The number of hydrogen-bond acceptors (Lipinski definition) is 4. The SMILES string of the molecule is COC(=O)Cn1nc(C(C)(C)C)c2c1CCCC2CN. The fraction of sp³-hybridized carbons (Fsp3) is 0.733. The van der Waals surface area contributed by atoms with Gasteiger partial charge in [0.25, 0.3) is 0 Å². The van der Waals surface area contributed by atoms with Gasteiger partial charge in [-0.3, -0.25) is 9.48 Å². The molecule has 0 saturated carbocycles. The second kappa shape index (κ2) is 5.56. The number of aromatic nitrogens is 2. The summed E-state index contributed by atoms with van der Waals surface area (Å²) in [5.41, 5.74) is 9.41. The van der Waals surface area contributed by atoms with Crippen LogP contribution in [0.4, 0.5) is 0 Å². The molecule has 5 heteroatoms. The van der Waals surface area contributed by atoms with Gasteiger partial charge in [0.2, 0.25) is 0 Å². The van der Waals surface area contributed by atoms with Crippen molar-refractivity contribution in [2.24, 2.45) is 5.73 Å². The maximum atomic E-state index is 11.6. The fourth-order valence-corrected chi connectivity index (χ4v) is 2.97. The average Bonchev–Trinajstić information content (AvgIpc) is 2.77. The zero-order chi connectivity index (χ0) is 14.9. The fourth-order valence-electron chi connectivity index (χ4n) is 2.97. The highest BCUT2D eigenvalue weighted by Gasteiger charge is 2.33. The molecular weight excluding hydrogens is 254 g/mol. The highest BCUT2D eigenvalue weighted by atomic mass is 16.5. The van der Waals surface area contributed by atoms with Crippen LogP contribution < -0.4 is 5.73 Å². The largest absolute Gasteiger partial charge is 0.468 e. The minimum atomic E-state index is -0.259. The van der Waals surface area contributed by atoms with Gasteiger partial charge < -0.3 is 10.5 Å². The molecule has 0 aromatic carbocycles. The number of nitrogens with two attached hydrogens (primary N) is 1. The van der Waals surface area contributed by atoms with Crippen molar-refractivity contribution >= 4 is 5.97 Å². The van der Waals surface area contributed by atoms with Crippen LogP contribution in [0.25, 0.3) is 0 Å². The van der Waals surface area contributed by atoms with Crippen LogP contribution in [0.5, 0.6) is 0 Å². The number of hydrogen-bond donors (Lipinski definition) is 1. The Morgan fingerprint density at radius 1 is 1.50 bits per heavy atom. The monoisotopic (exact) mass is 279 g/mol. The van der Waals surface area contributed by atoms with Gasteiger partial charge >= 0.3 is 5.97 Å². The van der Waals surface area contributed by atoms with E-state index in [0.717, 1.165) is 25.0 Å². The molecule has 1 aromatic rings. The molecule has 5 nitrogen and oxygen atoms in total. The van der Waals surface area contributed by atoms with Crippen molar-refractivity contribution in [2.75, 3.05) is 13.7 Å². The summed E-state index contributed by atoms with van der Waals surface area (Å²) >= 11 is 0. The predicted octanol–water partition coefficient (Wildman–Crippen LogP) is 1.73. The number of carbonyl (C=O) groups is 1. The van der Waals surface area contributed by atoms with Crippen LogP contribution in [0, 0.1) is 0 Å². The molecule has 0 saturated heterocycles. The van der Waals surface area contributed by atoms with E-state index < -0.39 is 0 Å². The second-order valence-corrected chi connectivity index (χ2v) is 6.52. The van der Waals surface area contributed by atoms with Crippen molar-refractivity contribution in [1.82, 2.24) is 9.78 Å². The summed E-state index contributed by atoms with van der Waals surface area (Å²) in [4.78, 5) is 11.6. The minimum absolute atomic E-state index is 0.0454. The molecule has 1 aliphatic carbocycles. The van der Waals surface area contributed by atoms with Crippen LogP contribution in [0.1, 0.15) is 56.5 Å². The van der Waals surface area contributed by atoms with Crippen molar-refractivity contribution in [3.05, 3.63) is 17.0 Å². The number of carbonyl (C=O) groups excluding carboxylic acids is 1. The molecule has 1 aliphatic rings. The van der Waals surface area contributed by atoms with Crippen LogP contribution >= 0.6 is 0 Å². The molecule has 20 heavy (non-hydrogen) atoms. The number of methoxy groups -OCH3 is 1. The number of ether oxygens (including phenoxy) is 1. The molecular formula is C15H25N3O2. The molecule has 1 unspecified atom stereocenters. The highest BCUT2D eigenvalue weighted by Crippen LogP contribution is 2.38. The lowest BCUT2D eigenvalue weighted by Gasteiger charge is -2.26. The third-order valence-electron chi connectivity index (χ3n) is 3.97. The van der Waals surface area contributed by atoms with Gasteiger partial charge in [0.1, 0.15) is 6.54 Å². The maximum Gasteiger partial charge on any atom is 0.327 e. The van der Waals surface area contributed by atoms with Gasteiger partial charge in [-0.05, 0) is 31.7 Å². The molecule has 0 fully saturated rings. The third-order valence-corrected chi connectivity index (χ3v) is 3.97. The van der Waals surface area contributed by atoms with Gasteiger partial charge in [0, 0.05) is 16.7 Å². The van der Waals surface area contributed by atoms with Gasteiger partial charge in [-0.2, -0.15) is 5.10 Å². The van der Waals surface area contributed by atoms with E-state index in [4.69, 9.17) is 15.6 Å². The Kier molecular flexibility index (Phi) is 4.18. The van der Waals surface area contributed by atoms with E-state index in [9.17, 15) is 4.79 Å². The van der Waals surface area contributed by atoms with Crippen molar-refractivity contribution in [3.8, 4) is 0 Å². The minimum Gasteiger partial charge on any atom is -0.468 e. The predicted molar refractivity (Wildman–Crippen MR) is 77.7 cm³/mol. The van der Waals surface area contributed by atoms with E-state index in [1.54, 1.807) is 0 Å². The Morgan fingerprint density at radius 3 is 2.75 bits per heavy atom. The molecule has 112 valence electrons. The first kappa shape index (κ1) is 15.0. The average molecular weight is 279 g/mol. The third kappa shape index (κ3) is 2.73. The van der Waals surface area contributed by atoms with Crippen molar-refractivity contribution in [1.29, 1.82) is 0 Å². The van der Waals surface area contributed by atoms with Crippen LogP contribution in [-0.2, 0) is 27.9 Å². The standard InChI is InChI=1S/C15H25N3O2/c1-15(2,3)14-13-10(8-16)6-5-7-11(13)18(17-14)9-12(19)20-4/h10H,5-9,16H2,1-4H3. The number of esters is 1. The number of rotatable bonds is 3. The Morgan fingerprint density at radius 2 is 2.20 bits per heavy atom. The smallest absolute Gasteiger partial charge is 0.327 e. The molecule has 0 bridgehead atoms. The molecule has 0 radical (unpaired) electrons. The lowest BCUT2D eigenvalue weighted by molar-refractivity contribution is -0.141. The molecule has 0 aliphatic heterocycles. The Balaban J connectivity index is 2.50. The summed E-state index contributed by atoms with van der Waals surface area (Å²) in [7, 11) is 1.41. The summed E-state index contributed by atoms with van der Waals surface area (Å²) in [6.45, 7) is 7.28.